The molecule has 3 N–H and O–H groups in total. The summed E-state index contributed by atoms with van der Waals surface area (Å²) in [6, 6.07) is 7.57. The summed E-state index contributed by atoms with van der Waals surface area (Å²) in [5.41, 5.74) is 13.1. The minimum absolute atomic E-state index is 0.244. The van der Waals surface area contributed by atoms with Crippen molar-refractivity contribution in [3.05, 3.63) is 94.4 Å². The van der Waals surface area contributed by atoms with Gasteiger partial charge < -0.3 is 10.7 Å². The zero-order chi connectivity index (χ0) is 25.8. The van der Waals surface area contributed by atoms with Crippen LogP contribution in [-0.4, -0.2) is 39.5 Å². The molecule has 4 aromatic rings. The van der Waals surface area contributed by atoms with E-state index in [2.05, 4.69) is 37.9 Å². The van der Waals surface area contributed by atoms with Gasteiger partial charge in [-0.05, 0) is 84.6 Å². The van der Waals surface area contributed by atoms with Gasteiger partial charge in [0.1, 0.15) is 11.6 Å². The van der Waals surface area contributed by atoms with Gasteiger partial charge in [-0.25, -0.2) is 14.4 Å². The zero-order valence-corrected chi connectivity index (χ0v) is 22.0. The molecular formula is C30H32FN5S. The number of H-pyrrole nitrogens is 1. The summed E-state index contributed by atoms with van der Waals surface area (Å²) in [7, 11) is 0. The quantitative estimate of drug-likeness (QED) is 0.197. The molecule has 1 saturated heterocycles. The second kappa shape index (κ2) is 11.2. The van der Waals surface area contributed by atoms with Gasteiger partial charge in [0.05, 0.1) is 5.52 Å². The van der Waals surface area contributed by atoms with Crippen LogP contribution in [0, 0.1) is 5.82 Å². The van der Waals surface area contributed by atoms with Crippen molar-refractivity contribution < 1.29 is 4.39 Å². The summed E-state index contributed by atoms with van der Waals surface area (Å²) >= 11 is 1.64. The summed E-state index contributed by atoms with van der Waals surface area (Å²) < 4.78 is 16.0. The largest absolute Gasteiger partial charge is 0.398 e. The molecule has 5 rings (SSSR count). The first-order valence-electron chi connectivity index (χ1n) is 12.7. The normalized spacial score (nSPS) is 15.4. The van der Waals surface area contributed by atoms with E-state index in [1.165, 1.54) is 19.3 Å². The average Bonchev–Trinajstić information content (AvgIpc) is 3.60. The highest BCUT2D eigenvalue weighted by atomic mass is 32.1. The number of nitrogen functional groups attached to an aromatic ring is 1. The Labute approximate surface area is 221 Å². The van der Waals surface area contributed by atoms with E-state index in [1.54, 1.807) is 29.7 Å². The Morgan fingerprint density at radius 3 is 2.78 bits per heavy atom. The van der Waals surface area contributed by atoms with E-state index in [-0.39, 0.29) is 12.2 Å². The van der Waals surface area contributed by atoms with Gasteiger partial charge in [-0.1, -0.05) is 31.2 Å². The fourth-order valence-corrected chi connectivity index (χ4v) is 5.62. The first kappa shape index (κ1) is 25.1. The molecule has 190 valence electrons. The number of nitrogens with one attached hydrogen (secondary N) is 1. The zero-order valence-electron chi connectivity index (χ0n) is 21.1. The van der Waals surface area contributed by atoms with Crippen LogP contribution in [0.15, 0.2) is 71.6 Å². The number of pyridine rings is 1. The number of rotatable bonds is 8. The first-order valence-corrected chi connectivity index (χ1v) is 13.7. The van der Waals surface area contributed by atoms with Gasteiger partial charge in [0.25, 0.3) is 0 Å². The lowest BCUT2D eigenvalue weighted by molar-refractivity contribution is 0.248. The highest BCUT2D eigenvalue weighted by molar-refractivity contribution is 7.08. The highest BCUT2D eigenvalue weighted by Crippen LogP contribution is 2.31. The number of nitrogens with two attached hydrogens (primary N) is 1. The molecule has 4 heterocycles. The molecule has 0 amide bonds. The molecule has 37 heavy (non-hydrogen) atoms. The number of hydrogen-bond donors (Lipinski definition) is 2. The van der Waals surface area contributed by atoms with Gasteiger partial charge in [0, 0.05) is 41.5 Å². The van der Waals surface area contributed by atoms with Crippen molar-refractivity contribution in [2.24, 2.45) is 0 Å². The molecule has 0 spiro atoms. The summed E-state index contributed by atoms with van der Waals surface area (Å²) in [6.07, 6.45) is 11.6. The van der Waals surface area contributed by atoms with Crippen molar-refractivity contribution >= 4 is 33.8 Å². The number of halogens is 1. The number of aromatic amines is 1. The van der Waals surface area contributed by atoms with Crippen molar-refractivity contribution in [3.8, 4) is 11.1 Å². The first-order chi connectivity index (χ1) is 18.1. The van der Waals surface area contributed by atoms with E-state index in [9.17, 15) is 0 Å². The number of piperidine rings is 1. The molecule has 0 aliphatic carbocycles. The van der Waals surface area contributed by atoms with Crippen LogP contribution in [0.3, 0.4) is 0 Å². The van der Waals surface area contributed by atoms with Crippen LogP contribution in [0.4, 0.5) is 10.1 Å². The third-order valence-electron chi connectivity index (χ3n) is 6.98. The molecule has 1 fully saturated rings. The number of nitrogens with zero attached hydrogens (tertiary/aromatic N) is 3. The van der Waals surface area contributed by atoms with Crippen molar-refractivity contribution in [2.75, 3.05) is 25.4 Å². The highest BCUT2D eigenvalue weighted by Gasteiger charge is 2.18. The lowest BCUT2D eigenvalue weighted by atomic mass is 9.96. The Morgan fingerprint density at radius 2 is 2.05 bits per heavy atom. The lowest BCUT2D eigenvalue weighted by Crippen LogP contribution is -2.31. The molecule has 5 nitrogen and oxygen atoms in total. The fraction of sp³-hybridized carbons (Fsp3) is 0.267. The van der Waals surface area contributed by atoms with Crippen LogP contribution in [-0.2, 0) is 6.42 Å². The Kier molecular flexibility index (Phi) is 7.63. The Morgan fingerprint density at radius 1 is 1.22 bits per heavy atom. The second-order valence-corrected chi connectivity index (χ2v) is 10.2. The van der Waals surface area contributed by atoms with Gasteiger partial charge in [-0.2, -0.15) is 11.3 Å². The SMILES string of the molecule is C=C/C(=C\C(=C/C)c1ccc(N)c(Cc2nc3nccc(-c4ccsc4)c3[nH]2)c1F)CN1CCCCC1. The summed E-state index contributed by atoms with van der Waals surface area (Å²) in [4.78, 5) is 14.9. The number of fused-ring (bicyclic) bond motifs is 1. The number of anilines is 1. The van der Waals surface area contributed by atoms with E-state index in [4.69, 9.17) is 5.73 Å². The maximum Gasteiger partial charge on any atom is 0.178 e. The number of hydrogen-bond acceptors (Lipinski definition) is 5. The summed E-state index contributed by atoms with van der Waals surface area (Å²) in [5.74, 6) is 0.305. The number of imidazole rings is 1. The maximum absolute atomic E-state index is 16.0. The van der Waals surface area contributed by atoms with Crippen LogP contribution in [0.1, 0.15) is 43.1 Å². The van der Waals surface area contributed by atoms with Crippen LogP contribution >= 0.6 is 11.3 Å². The van der Waals surface area contributed by atoms with Gasteiger partial charge >= 0.3 is 0 Å². The number of thiophene rings is 1. The number of allylic oxidation sites excluding steroid dienone is 3. The summed E-state index contributed by atoms with van der Waals surface area (Å²) in [6.45, 7) is 8.95. The van der Waals surface area contributed by atoms with Crippen molar-refractivity contribution in [1.29, 1.82) is 0 Å². The van der Waals surface area contributed by atoms with E-state index in [0.29, 0.717) is 28.3 Å². The molecule has 1 aliphatic rings. The van der Waals surface area contributed by atoms with E-state index in [0.717, 1.165) is 47.4 Å². The molecule has 1 aliphatic heterocycles. The molecule has 7 heteroatoms. The molecule has 0 bridgehead atoms. The molecule has 0 radical (unpaired) electrons. The van der Waals surface area contributed by atoms with Gasteiger partial charge in [0.15, 0.2) is 5.65 Å². The second-order valence-electron chi connectivity index (χ2n) is 9.43. The Hall–Kier alpha value is -3.55. The smallest absolute Gasteiger partial charge is 0.178 e. The van der Waals surface area contributed by atoms with Crippen LogP contribution in [0.2, 0.25) is 0 Å². The Bertz CT molecular complexity index is 1460. The van der Waals surface area contributed by atoms with Crippen molar-refractivity contribution in [1.82, 2.24) is 19.9 Å². The van der Waals surface area contributed by atoms with Crippen LogP contribution in [0.5, 0.6) is 0 Å². The predicted octanol–water partition coefficient (Wildman–Crippen LogP) is 7.00. The van der Waals surface area contributed by atoms with Crippen molar-refractivity contribution in [3.63, 3.8) is 0 Å². The monoisotopic (exact) mass is 513 g/mol. The summed E-state index contributed by atoms with van der Waals surface area (Å²) in [5, 5.41) is 4.13. The van der Waals surface area contributed by atoms with Gasteiger partial charge in [-0.3, -0.25) is 4.90 Å². The number of aromatic nitrogens is 3. The lowest BCUT2D eigenvalue weighted by Gasteiger charge is -2.26. The fourth-order valence-electron chi connectivity index (χ4n) is 4.97. The van der Waals surface area contributed by atoms with Crippen molar-refractivity contribution in [2.45, 2.75) is 32.6 Å². The minimum atomic E-state index is -0.322. The average molecular weight is 514 g/mol. The van der Waals surface area contributed by atoms with E-state index < -0.39 is 0 Å². The Balaban J connectivity index is 1.45. The van der Waals surface area contributed by atoms with E-state index >= 15 is 4.39 Å². The topological polar surface area (TPSA) is 70.8 Å². The predicted molar refractivity (Wildman–Crippen MR) is 153 cm³/mol. The molecule has 1 aromatic carbocycles. The van der Waals surface area contributed by atoms with Gasteiger partial charge in [0.2, 0.25) is 0 Å². The molecule has 0 saturated carbocycles. The number of benzene rings is 1. The van der Waals surface area contributed by atoms with Crippen LogP contribution in [0.25, 0.3) is 27.9 Å². The van der Waals surface area contributed by atoms with Gasteiger partial charge in [-0.15, -0.1) is 0 Å². The minimum Gasteiger partial charge on any atom is -0.398 e. The van der Waals surface area contributed by atoms with Crippen LogP contribution < -0.4 is 5.73 Å². The molecular weight excluding hydrogens is 481 g/mol. The van der Waals surface area contributed by atoms with E-state index in [1.807, 2.05) is 36.6 Å². The molecule has 0 atom stereocenters. The standard InChI is InChI=1S/C30H32FN5S/c1-3-20(18-36-13-6-5-7-14-36)16-21(4-2)23-8-9-26(32)25(28(23)31)17-27-34-29-24(22-11-15-37-19-22)10-12-33-30(29)35-27/h3-4,8-12,15-16,19H,1,5-7,13-14,17-18,32H2,2H3,(H,33,34,35)/b20-16+,21-4+. The molecule has 0 unspecified atom stereocenters. The maximum atomic E-state index is 16.0. The third kappa shape index (κ3) is 5.43. The number of likely N-dealkylation sites (tertiary alicyclic amines) is 1. The molecule has 3 aromatic heterocycles. The third-order valence-corrected chi connectivity index (χ3v) is 7.66.